The number of nitrogens with one attached hydrogen (secondary N) is 5. The number of allylic oxidation sites excluding steroid dienone is 1. The van der Waals surface area contributed by atoms with Crippen LogP contribution in [0, 0.1) is 46.3 Å². The maximum Gasteiger partial charge on any atom is 0.514 e. The quantitative estimate of drug-likeness (QED) is 0.00731. The molecule has 0 saturated heterocycles. The van der Waals surface area contributed by atoms with E-state index in [2.05, 4.69) is 104 Å². The number of carbonyl (C=O) groups excluding carboxylic acids is 5. The lowest BCUT2D eigenvalue weighted by Gasteiger charge is -2.58. The Morgan fingerprint density at radius 2 is 1.30 bits per heavy atom. The van der Waals surface area contributed by atoms with Crippen molar-refractivity contribution in [2.45, 2.75) is 181 Å². The molecular formula is C84H104ClN5O11. The molecule has 6 aromatic carbocycles. The summed E-state index contributed by atoms with van der Waals surface area (Å²) in [7, 11) is 1.64. The largest absolute Gasteiger partial charge is 0.514 e. The third-order valence-corrected chi connectivity index (χ3v) is 22.9. The van der Waals surface area contributed by atoms with Crippen molar-refractivity contribution in [1.82, 2.24) is 21.3 Å². The smallest absolute Gasteiger partial charge is 0.497 e. The molecule has 16 nitrogen and oxygen atoms in total. The molecular weight excluding hydrogens is 1290 g/mol. The fraction of sp³-hybridized carbons (Fsp3) is 0.476. The van der Waals surface area contributed by atoms with Crippen LogP contribution >= 0.6 is 11.6 Å². The Labute approximate surface area is 602 Å². The van der Waals surface area contributed by atoms with Crippen LogP contribution in [0.4, 0.5) is 10.5 Å². The van der Waals surface area contributed by atoms with Crippen molar-refractivity contribution in [2.75, 3.05) is 32.1 Å². The first-order chi connectivity index (χ1) is 48.7. The van der Waals surface area contributed by atoms with Crippen molar-refractivity contribution in [3.8, 4) is 11.5 Å². The van der Waals surface area contributed by atoms with Gasteiger partial charge in [0.05, 0.1) is 24.3 Å². The highest BCUT2D eigenvalue weighted by molar-refractivity contribution is 6.30. The molecule has 3 fully saturated rings. The van der Waals surface area contributed by atoms with E-state index in [-0.39, 0.29) is 61.0 Å². The zero-order valence-electron chi connectivity index (χ0n) is 59.7. The van der Waals surface area contributed by atoms with Crippen LogP contribution in [0.1, 0.15) is 182 Å². The monoisotopic (exact) mass is 1390 g/mol. The van der Waals surface area contributed by atoms with E-state index in [1.807, 2.05) is 48.5 Å². The van der Waals surface area contributed by atoms with Gasteiger partial charge in [-0.15, -0.1) is 0 Å². The summed E-state index contributed by atoms with van der Waals surface area (Å²) >= 11 is 6.30. The van der Waals surface area contributed by atoms with E-state index in [4.69, 9.17) is 30.5 Å². The van der Waals surface area contributed by atoms with E-state index in [0.717, 1.165) is 77.2 Å². The van der Waals surface area contributed by atoms with E-state index in [1.54, 1.807) is 61.2 Å². The van der Waals surface area contributed by atoms with Crippen molar-refractivity contribution in [2.24, 2.45) is 46.3 Å². The molecule has 6 aromatic rings. The van der Waals surface area contributed by atoms with Gasteiger partial charge in [-0.3, -0.25) is 24.5 Å². The second kappa shape index (κ2) is 35.5. The molecule has 17 heteroatoms. The molecule has 10 rings (SSSR count). The summed E-state index contributed by atoms with van der Waals surface area (Å²) in [5, 5.41) is 25.4. The zero-order valence-corrected chi connectivity index (χ0v) is 60.5. The minimum absolute atomic E-state index is 0.0365. The molecule has 538 valence electrons. The average Bonchev–Trinajstić information content (AvgIpc) is 1.69. The van der Waals surface area contributed by atoms with E-state index in [1.165, 1.54) is 75.6 Å². The summed E-state index contributed by atoms with van der Waals surface area (Å²) in [5.74, 6) is 2.64. The van der Waals surface area contributed by atoms with Crippen molar-refractivity contribution < 1.29 is 52.8 Å². The molecule has 0 bridgehead atoms. The summed E-state index contributed by atoms with van der Waals surface area (Å²) in [6, 6.07) is 45.1. The summed E-state index contributed by atoms with van der Waals surface area (Å²) < 4.78 is 22.6. The number of fused-ring (bicyclic) bond motifs is 5. The fourth-order valence-corrected chi connectivity index (χ4v) is 17.3. The SMILES string of the molecule is COc1ccc(C(NCCCC[C@H](NC(=O)[C@H](Cc2ccc(Cl)cc2)NC(=O)CCC(=O)NCCCO[C@H]2CC[C@@]3(C)C(=CC[C@H]4[C@@H]5CC[C@H]([C@H](C)CCCC(C)C)[C@@]5(C)CC[C@@H]43)C2)C(=O)Nc2ccc(COC(=O)Oc3ccc(C(=O)O)cc3)cc2)(c2ccccc2)c2ccccc2)cc1. The van der Waals surface area contributed by atoms with Gasteiger partial charge in [0.1, 0.15) is 30.2 Å². The Morgan fingerprint density at radius 3 is 1.97 bits per heavy atom. The number of hydrogen-bond acceptors (Lipinski definition) is 11. The van der Waals surface area contributed by atoms with Gasteiger partial charge in [0.25, 0.3) is 0 Å². The predicted octanol–water partition coefficient (Wildman–Crippen LogP) is 16.4. The minimum Gasteiger partial charge on any atom is -0.497 e. The number of ether oxygens (including phenoxy) is 4. The number of carboxylic acid groups (broad SMARTS) is 1. The molecule has 4 aliphatic rings. The molecule has 0 aromatic heterocycles. The second-order valence-corrected chi connectivity index (χ2v) is 30.0. The number of hydrogen-bond donors (Lipinski definition) is 6. The number of methoxy groups -OCH3 is 1. The van der Waals surface area contributed by atoms with Gasteiger partial charge in [0.2, 0.25) is 23.6 Å². The molecule has 0 aliphatic heterocycles. The molecule has 0 unspecified atom stereocenters. The first kappa shape index (κ1) is 75.4. The maximum atomic E-state index is 14.8. The topological polar surface area (TPSA) is 220 Å². The van der Waals surface area contributed by atoms with Crippen LogP contribution in [-0.4, -0.2) is 85.9 Å². The van der Waals surface area contributed by atoms with Crippen LogP contribution in [0.15, 0.2) is 169 Å². The number of halogens is 1. The second-order valence-electron chi connectivity index (χ2n) is 29.5. The molecule has 0 spiro atoms. The number of unbranched alkanes of at least 4 members (excludes halogenated alkanes) is 1. The Kier molecular flexibility index (Phi) is 26.5. The van der Waals surface area contributed by atoms with Crippen LogP contribution in [0.25, 0.3) is 0 Å². The average molecular weight is 1400 g/mol. The van der Waals surface area contributed by atoms with E-state index in [0.29, 0.717) is 66.2 Å². The number of benzene rings is 6. The van der Waals surface area contributed by atoms with E-state index in [9.17, 15) is 33.9 Å². The first-order valence-electron chi connectivity index (χ1n) is 36.7. The fourth-order valence-electron chi connectivity index (χ4n) is 17.2. The lowest BCUT2D eigenvalue weighted by Crippen LogP contribution is -2.53. The van der Waals surface area contributed by atoms with Gasteiger partial charge in [0.15, 0.2) is 0 Å². The summed E-state index contributed by atoms with van der Waals surface area (Å²) in [6.07, 6.45) is 17.5. The van der Waals surface area contributed by atoms with Crippen LogP contribution in [-0.2, 0) is 47.2 Å². The van der Waals surface area contributed by atoms with Crippen molar-refractivity contribution in [1.29, 1.82) is 0 Å². The molecule has 4 amide bonds. The van der Waals surface area contributed by atoms with Crippen LogP contribution in [0.3, 0.4) is 0 Å². The molecule has 3 saturated carbocycles. The van der Waals surface area contributed by atoms with Gasteiger partial charge >= 0.3 is 12.1 Å². The lowest BCUT2D eigenvalue weighted by molar-refractivity contribution is -0.131. The highest BCUT2D eigenvalue weighted by atomic mass is 35.5. The van der Waals surface area contributed by atoms with Crippen molar-refractivity contribution in [3.05, 3.63) is 208 Å². The Balaban J connectivity index is 0.742. The first-order valence-corrected chi connectivity index (χ1v) is 37.1. The van der Waals surface area contributed by atoms with Gasteiger partial charge < -0.3 is 45.3 Å². The molecule has 10 atom stereocenters. The third kappa shape index (κ3) is 19.5. The van der Waals surface area contributed by atoms with Gasteiger partial charge in [-0.25, -0.2) is 9.59 Å². The number of aromatic carboxylic acids is 1. The molecule has 6 N–H and O–H groups in total. The van der Waals surface area contributed by atoms with E-state index < -0.39 is 47.5 Å². The Morgan fingerprint density at radius 1 is 0.634 bits per heavy atom. The maximum absolute atomic E-state index is 14.8. The Hall–Kier alpha value is -8.31. The van der Waals surface area contributed by atoms with E-state index >= 15 is 0 Å². The van der Waals surface area contributed by atoms with Gasteiger partial charge in [0, 0.05) is 43.1 Å². The number of carboxylic acids is 1. The number of carbonyl (C=O) groups is 6. The van der Waals surface area contributed by atoms with Crippen LogP contribution in [0.5, 0.6) is 11.5 Å². The third-order valence-electron chi connectivity index (χ3n) is 22.6. The number of anilines is 1. The van der Waals surface area contributed by atoms with Crippen molar-refractivity contribution >= 4 is 53.0 Å². The summed E-state index contributed by atoms with van der Waals surface area (Å²) in [4.78, 5) is 80.4. The van der Waals surface area contributed by atoms with Crippen LogP contribution < -0.4 is 36.1 Å². The molecule has 4 aliphatic carbocycles. The predicted molar refractivity (Wildman–Crippen MR) is 396 cm³/mol. The lowest BCUT2D eigenvalue weighted by atomic mass is 9.47. The number of rotatable bonds is 34. The number of amides is 4. The highest BCUT2D eigenvalue weighted by Crippen LogP contribution is 2.67. The summed E-state index contributed by atoms with van der Waals surface area (Å²) in [6.45, 7) is 13.8. The molecule has 0 radical (unpaired) electrons. The highest BCUT2D eigenvalue weighted by Gasteiger charge is 2.59. The Bertz CT molecular complexity index is 3700. The normalized spacial score (nSPS) is 21.6. The zero-order chi connectivity index (χ0) is 71.5. The standard InChI is InChI=1S/C84H104ClN5O11/c1-56(2)17-15-18-57(3)71-42-43-72-70-41-32-64-54-69(46-48-82(64,4)73(70)47-49-83(71,72)5)99-52-16-50-86-76(91)44-45-77(92)89-75(53-58-24-33-65(85)34-25-58)79(94)90-74(78(93)88-66-35-26-59(27-36-66)55-100-81(97)101-68-37-28-60(29-38-68)80(95)96)23-13-14-51-87-84(61-19-9-7-10-20-61,62-21-11-8-12-22-62)63-30-39-67(98-6)40-31-63/h7-12,19-22,24-40,56-57,69-75,87H,13-18,23,41-55H2,1-6H3,(H,86,91)(H,88,93)(H,89,92)(H,90,94)(H,95,96)/t57-,69+,70+,71-,72+,73+,74+,75+,82+,83-/m1/s1. The molecule has 101 heavy (non-hydrogen) atoms. The van der Waals surface area contributed by atoms with Crippen molar-refractivity contribution in [3.63, 3.8) is 0 Å². The minimum atomic E-state index is -1.14. The molecule has 0 heterocycles. The van der Waals surface area contributed by atoms with Gasteiger partial charge in [-0.1, -0.05) is 174 Å². The van der Waals surface area contributed by atoms with Crippen LogP contribution in [0.2, 0.25) is 5.02 Å². The van der Waals surface area contributed by atoms with Gasteiger partial charge in [-0.2, -0.15) is 0 Å². The van der Waals surface area contributed by atoms with Gasteiger partial charge in [-0.05, 0) is 218 Å². The summed E-state index contributed by atoms with van der Waals surface area (Å²) in [5.41, 5.74) is 6.31.